The molecule has 0 saturated heterocycles. The normalized spacial score (nSPS) is 19.1. The smallest absolute Gasteiger partial charge is 0.337 e. The van der Waals surface area contributed by atoms with Crippen LogP contribution in [0.3, 0.4) is 0 Å². The molecule has 0 aromatic heterocycles. The highest BCUT2D eigenvalue weighted by atomic mass is 16.4. The highest BCUT2D eigenvalue weighted by Crippen LogP contribution is 2.36. The van der Waals surface area contributed by atoms with Gasteiger partial charge in [0, 0.05) is 6.04 Å². The van der Waals surface area contributed by atoms with Gasteiger partial charge in [-0.1, -0.05) is 26.0 Å². The summed E-state index contributed by atoms with van der Waals surface area (Å²) >= 11 is 0. The van der Waals surface area contributed by atoms with E-state index >= 15 is 0 Å². The number of aromatic carboxylic acids is 1. The summed E-state index contributed by atoms with van der Waals surface area (Å²) in [4.78, 5) is 11.3. The van der Waals surface area contributed by atoms with Gasteiger partial charge >= 0.3 is 5.97 Å². The van der Waals surface area contributed by atoms with E-state index in [1.807, 2.05) is 13.0 Å². The van der Waals surface area contributed by atoms with Crippen LogP contribution in [-0.4, -0.2) is 17.1 Å². The van der Waals surface area contributed by atoms with Crippen LogP contribution in [0.2, 0.25) is 0 Å². The summed E-state index contributed by atoms with van der Waals surface area (Å²) in [5.41, 5.74) is 2.61. The van der Waals surface area contributed by atoms with Crippen molar-refractivity contribution in [2.45, 2.75) is 52.5 Å². The molecule has 1 aromatic carbocycles. The van der Waals surface area contributed by atoms with Crippen molar-refractivity contribution in [1.82, 2.24) is 0 Å². The number of aryl methyl sites for hydroxylation is 1. The zero-order valence-electron chi connectivity index (χ0n) is 12.0. The Morgan fingerprint density at radius 1 is 1.32 bits per heavy atom. The van der Waals surface area contributed by atoms with Gasteiger partial charge in [-0.25, -0.2) is 4.79 Å². The van der Waals surface area contributed by atoms with Gasteiger partial charge in [0.25, 0.3) is 0 Å². The quantitative estimate of drug-likeness (QED) is 0.862. The first-order chi connectivity index (χ1) is 8.89. The predicted octanol–water partition coefficient (Wildman–Crippen LogP) is 4.07. The molecular weight excluding hydrogens is 238 g/mol. The summed E-state index contributed by atoms with van der Waals surface area (Å²) in [6.07, 6.45) is 4.61. The van der Waals surface area contributed by atoms with E-state index in [0.717, 1.165) is 24.1 Å². The summed E-state index contributed by atoms with van der Waals surface area (Å²) in [5.74, 6) is -0.859. The number of carboxylic acid groups (broad SMARTS) is 1. The van der Waals surface area contributed by atoms with Crippen LogP contribution >= 0.6 is 0 Å². The summed E-state index contributed by atoms with van der Waals surface area (Å²) < 4.78 is 0. The fourth-order valence-electron chi connectivity index (χ4n) is 2.79. The molecule has 1 aromatic rings. The number of rotatable bonds is 3. The Kier molecular flexibility index (Phi) is 3.83. The third-order valence-corrected chi connectivity index (χ3v) is 4.19. The van der Waals surface area contributed by atoms with Gasteiger partial charge in [-0.05, 0) is 49.7 Å². The van der Waals surface area contributed by atoms with E-state index in [1.165, 1.54) is 12.8 Å². The molecule has 0 unspecified atom stereocenters. The topological polar surface area (TPSA) is 49.3 Å². The largest absolute Gasteiger partial charge is 0.478 e. The third-order valence-electron chi connectivity index (χ3n) is 4.19. The first-order valence-electron chi connectivity index (χ1n) is 6.98. The van der Waals surface area contributed by atoms with Crippen LogP contribution in [0.4, 0.5) is 5.69 Å². The van der Waals surface area contributed by atoms with E-state index in [4.69, 9.17) is 0 Å². The molecule has 2 N–H and O–H groups in total. The summed E-state index contributed by atoms with van der Waals surface area (Å²) in [5, 5.41) is 12.7. The zero-order valence-corrected chi connectivity index (χ0v) is 12.0. The van der Waals surface area contributed by atoms with Crippen LogP contribution in [0.15, 0.2) is 18.2 Å². The highest BCUT2D eigenvalue weighted by molar-refractivity contribution is 5.95. The van der Waals surface area contributed by atoms with Gasteiger partial charge in [-0.3, -0.25) is 0 Å². The van der Waals surface area contributed by atoms with Crippen molar-refractivity contribution in [2.75, 3.05) is 5.32 Å². The first kappa shape index (κ1) is 13.9. The van der Waals surface area contributed by atoms with Crippen molar-refractivity contribution in [3.8, 4) is 0 Å². The van der Waals surface area contributed by atoms with Crippen LogP contribution in [0.1, 0.15) is 55.5 Å². The average molecular weight is 261 g/mol. The van der Waals surface area contributed by atoms with Gasteiger partial charge in [0.15, 0.2) is 0 Å². The van der Waals surface area contributed by atoms with Gasteiger partial charge < -0.3 is 10.4 Å². The summed E-state index contributed by atoms with van der Waals surface area (Å²) in [6.45, 7) is 6.57. The SMILES string of the molecule is Cc1cccc(C(=O)O)c1NC1CCC(C)(C)CC1. The minimum atomic E-state index is -0.859. The molecule has 104 valence electrons. The van der Waals surface area contributed by atoms with E-state index in [9.17, 15) is 9.90 Å². The van der Waals surface area contributed by atoms with Crippen molar-refractivity contribution >= 4 is 11.7 Å². The minimum absolute atomic E-state index is 0.379. The Labute approximate surface area is 115 Å². The number of nitrogens with one attached hydrogen (secondary N) is 1. The lowest BCUT2D eigenvalue weighted by Gasteiger charge is -2.35. The Hall–Kier alpha value is -1.51. The maximum Gasteiger partial charge on any atom is 0.337 e. The van der Waals surface area contributed by atoms with Crippen LogP contribution in [0, 0.1) is 12.3 Å². The van der Waals surface area contributed by atoms with Crippen LogP contribution < -0.4 is 5.32 Å². The monoisotopic (exact) mass is 261 g/mol. The number of benzene rings is 1. The van der Waals surface area contributed by atoms with E-state index in [-0.39, 0.29) is 0 Å². The molecule has 1 fully saturated rings. The number of carboxylic acids is 1. The van der Waals surface area contributed by atoms with Gasteiger partial charge in [-0.15, -0.1) is 0 Å². The third kappa shape index (κ3) is 3.28. The van der Waals surface area contributed by atoms with Gasteiger partial charge in [0.05, 0.1) is 11.3 Å². The number of hydrogen-bond donors (Lipinski definition) is 2. The maximum absolute atomic E-state index is 11.3. The molecule has 0 bridgehead atoms. The predicted molar refractivity (Wildman–Crippen MR) is 77.8 cm³/mol. The highest BCUT2D eigenvalue weighted by Gasteiger charge is 2.27. The van der Waals surface area contributed by atoms with E-state index in [0.29, 0.717) is 17.0 Å². The second-order valence-corrected chi connectivity index (χ2v) is 6.39. The fraction of sp³-hybridized carbons (Fsp3) is 0.562. The molecule has 3 heteroatoms. The first-order valence-corrected chi connectivity index (χ1v) is 6.98. The molecule has 0 amide bonds. The van der Waals surface area contributed by atoms with Crippen molar-refractivity contribution in [3.05, 3.63) is 29.3 Å². The molecule has 0 spiro atoms. The summed E-state index contributed by atoms with van der Waals surface area (Å²) in [7, 11) is 0. The molecule has 0 radical (unpaired) electrons. The maximum atomic E-state index is 11.3. The van der Waals surface area contributed by atoms with Crippen molar-refractivity contribution in [2.24, 2.45) is 5.41 Å². The van der Waals surface area contributed by atoms with E-state index in [1.54, 1.807) is 12.1 Å². The summed E-state index contributed by atoms with van der Waals surface area (Å²) in [6, 6.07) is 5.83. The molecule has 2 rings (SSSR count). The van der Waals surface area contributed by atoms with Crippen LogP contribution in [0.25, 0.3) is 0 Å². The zero-order chi connectivity index (χ0) is 14.0. The standard InChI is InChI=1S/C16H23NO2/c1-11-5-4-6-13(15(18)19)14(11)17-12-7-9-16(2,3)10-8-12/h4-6,12,17H,7-10H2,1-3H3,(H,18,19). The Bertz CT molecular complexity index is 470. The average Bonchev–Trinajstić information content (AvgIpc) is 2.33. The lowest BCUT2D eigenvalue weighted by molar-refractivity contribution is 0.0697. The number of carbonyl (C=O) groups is 1. The molecule has 1 aliphatic carbocycles. The molecule has 1 aliphatic rings. The Balaban J connectivity index is 2.14. The number of para-hydroxylation sites is 1. The second kappa shape index (κ2) is 5.24. The molecule has 0 atom stereocenters. The van der Waals surface area contributed by atoms with Gasteiger partial charge in [0.1, 0.15) is 0 Å². The second-order valence-electron chi connectivity index (χ2n) is 6.39. The molecule has 19 heavy (non-hydrogen) atoms. The van der Waals surface area contributed by atoms with Crippen molar-refractivity contribution in [3.63, 3.8) is 0 Å². The molecule has 0 aliphatic heterocycles. The minimum Gasteiger partial charge on any atom is -0.478 e. The van der Waals surface area contributed by atoms with E-state index < -0.39 is 5.97 Å². The van der Waals surface area contributed by atoms with Crippen molar-refractivity contribution in [1.29, 1.82) is 0 Å². The van der Waals surface area contributed by atoms with Crippen LogP contribution in [0.5, 0.6) is 0 Å². The molecule has 3 nitrogen and oxygen atoms in total. The lowest BCUT2D eigenvalue weighted by atomic mass is 9.75. The lowest BCUT2D eigenvalue weighted by Crippen LogP contribution is -2.30. The van der Waals surface area contributed by atoms with E-state index in [2.05, 4.69) is 19.2 Å². The fourth-order valence-corrected chi connectivity index (χ4v) is 2.79. The number of hydrogen-bond acceptors (Lipinski definition) is 2. The Morgan fingerprint density at radius 2 is 1.95 bits per heavy atom. The number of anilines is 1. The van der Waals surface area contributed by atoms with Crippen LogP contribution in [-0.2, 0) is 0 Å². The van der Waals surface area contributed by atoms with Gasteiger partial charge in [0.2, 0.25) is 0 Å². The van der Waals surface area contributed by atoms with Gasteiger partial charge in [-0.2, -0.15) is 0 Å². The Morgan fingerprint density at radius 3 is 2.53 bits per heavy atom. The molecule has 1 saturated carbocycles. The molecular formula is C16H23NO2. The van der Waals surface area contributed by atoms with Crippen molar-refractivity contribution < 1.29 is 9.90 Å². The molecule has 0 heterocycles.